The molecule has 0 saturated carbocycles. The molecule has 1 amide bonds. The molecule has 1 heterocycles. The fourth-order valence-electron chi connectivity index (χ4n) is 1.61. The van der Waals surface area contributed by atoms with Crippen molar-refractivity contribution in [1.29, 1.82) is 0 Å². The number of hydrogen-bond acceptors (Lipinski definition) is 3. The molecule has 1 aliphatic rings. The van der Waals surface area contributed by atoms with Crippen LogP contribution in [0.25, 0.3) is 0 Å². The number of nitrogens with two attached hydrogens (primary N) is 1. The Labute approximate surface area is 103 Å². The van der Waals surface area contributed by atoms with Crippen LogP contribution in [0, 0.1) is 0 Å². The number of amides is 1. The summed E-state index contributed by atoms with van der Waals surface area (Å²) >= 11 is 12.0. The van der Waals surface area contributed by atoms with Crippen LogP contribution in [0.15, 0.2) is 12.1 Å². The minimum atomic E-state index is -0.700. The van der Waals surface area contributed by atoms with Crippen molar-refractivity contribution in [3.63, 3.8) is 0 Å². The maximum absolute atomic E-state index is 11.8. The zero-order valence-corrected chi connectivity index (χ0v) is 10.0. The molecule has 86 valence electrons. The quantitative estimate of drug-likeness (QED) is 0.836. The number of anilines is 1. The van der Waals surface area contributed by atoms with Gasteiger partial charge in [-0.2, -0.15) is 0 Å². The Morgan fingerprint density at radius 1 is 1.44 bits per heavy atom. The Kier molecular flexibility index (Phi) is 2.97. The van der Waals surface area contributed by atoms with E-state index >= 15 is 0 Å². The summed E-state index contributed by atoms with van der Waals surface area (Å²) in [5, 5.41) is 0.836. The van der Waals surface area contributed by atoms with E-state index in [1.54, 1.807) is 19.2 Å². The first-order valence-electron chi connectivity index (χ1n) is 4.68. The third-order valence-corrected chi connectivity index (χ3v) is 3.05. The maximum Gasteiger partial charge on any atom is 0.269 e. The Morgan fingerprint density at radius 2 is 2.06 bits per heavy atom. The van der Waals surface area contributed by atoms with Gasteiger partial charge in [-0.3, -0.25) is 4.79 Å². The van der Waals surface area contributed by atoms with Crippen molar-refractivity contribution in [3.8, 4) is 5.75 Å². The average Bonchev–Trinajstić information content (AvgIpc) is 2.27. The molecule has 0 spiro atoms. The van der Waals surface area contributed by atoms with Gasteiger partial charge in [-0.25, -0.2) is 0 Å². The predicted octanol–water partition coefficient (Wildman–Crippen LogP) is 1.68. The summed E-state index contributed by atoms with van der Waals surface area (Å²) < 4.78 is 5.44. The van der Waals surface area contributed by atoms with Gasteiger partial charge in [0, 0.05) is 13.6 Å². The van der Waals surface area contributed by atoms with Gasteiger partial charge in [0.15, 0.2) is 11.9 Å². The third-order valence-electron chi connectivity index (χ3n) is 2.45. The highest BCUT2D eigenvalue weighted by Crippen LogP contribution is 2.43. The monoisotopic (exact) mass is 260 g/mol. The van der Waals surface area contributed by atoms with Gasteiger partial charge in [0.05, 0.1) is 10.0 Å². The molecule has 0 radical (unpaired) electrons. The number of nitrogens with zero attached hydrogens (tertiary/aromatic N) is 1. The third kappa shape index (κ3) is 1.63. The van der Waals surface area contributed by atoms with Crippen LogP contribution in [0.5, 0.6) is 5.75 Å². The molecule has 1 aromatic carbocycles. The van der Waals surface area contributed by atoms with E-state index in [9.17, 15) is 4.79 Å². The first kappa shape index (κ1) is 11.5. The molecule has 0 saturated heterocycles. The molecule has 0 fully saturated rings. The smallest absolute Gasteiger partial charge is 0.269 e. The van der Waals surface area contributed by atoms with Crippen LogP contribution in [0.4, 0.5) is 5.69 Å². The summed E-state index contributed by atoms with van der Waals surface area (Å²) in [6, 6.07) is 3.25. The second-order valence-electron chi connectivity index (χ2n) is 3.45. The van der Waals surface area contributed by atoms with Gasteiger partial charge in [0.25, 0.3) is 5.91 Å². The number of benzene rings is 1. The summed E-state index contributed by atoms with van der Waals surface area (Å²) in [5.74, 6) is 0.186. The largest absolute Gasteiger partial charge is 0.475 e. The second-order valence-corrected chi connectivity index (χ2v) is 4.26. The average molecular weight is 261 g/mol. The maximum atomic E-state index is 11.8. The van der Waals surface area contributed by atoms with E-state index < -0.39 is 6.10 Å². The van der Waals surface area contributed by atoms with Gasteiger partial charge in [0.2, 0.25) is 0 Å². The van der Waals surface area contributed by atoms with Crippen LogP contribution in [-0.4, -0.2) is 25.6 Å². The second kappa shape index (κ2) is 4.13. The molecule has 4 nitrogen and oxygen atoms in total. The van der Waals surface area contributed by atoms with Gasteiger partial charge in [-0.05, 0) is 12.1 Å². The van der Waals surface area contributed by atoms with Gasteiger partial charge in [0.1, 0.15) is 5.69 Å². The molecular weight excluding hydrogens is 251 g/mol. The van der Waals surface area contributed by atoms with E-state index in [0.717, 1.165) is 0 Å². The summed E-state index contributed by atoms with van der Waals surface area (Å²) in [5.41, 5.74) is 5.94. The number of likely N-dealkylation sites (N-methyl/N-ethyl adjacent to an activating group) is 1. The minimum Gasteiger partial charge on any atom is -0.475 e. The van der Waals surface area contributed by atoms with E-state index in [-0.39, 0.29) is 12.5 Å². The summed E-state index contributed by atoms with van der Waals surface area (Å²) in [4.78, 5) is 13.2. The van der Waals surface area contributed by atoms with E-state index in [4.69, 9.17) is 33.7 Å². The molecule has 0 aliphatic carbocycles. The number of fused-ring (bicyclic) bond motifs is 1. The van der Waals surface area contributed by atoms with Crippen LogP contribution in [-0.2, 0) is 4.79 Å². The molecule has 1 atom stereocenters. The van der Waals surface area contributed by atoms with Crippen molar-refractivity contribution in [3.05, 3.63) is 22.2 Å². The van der Waals surface area contributed by atoms with Crippen molar-refractivity contribution >= 4 is 34.8 Å². The van der Waals surface area contributed by atoms with Crippen LogP contribution in [0.3, 0.4) is 0 Å². The predicted molar refractivity (Wildman–Crippen MR) is 63.3 cm³/mol. The van der Waals surface area contributed by atoms with Crippen molar-refractivity contribution in [2.24, 2.45) is 5.73 Å². The summed E-state index contributed by atoms with van der Waals surface area (Å²) in [6.45, 7) is 0.103. The zero-order valence-electron chi connectivity index (χ0n) is 8.54. The molecule has 1 aliphatic heterocycles. The highest BCUT2D eigenvalue weighted by atomic mass is 35.5. The molecule has 1 unspecified atom stereocenters. The van der Waals surface area contributed by atoms with Crippen LogP contribution < -0.4 is 15.4 Å². The molecule has 0 aromatic heterocycles. The van der Waals surface area contributed by atoms with E-state index in [0.29, 0.717) is 21.5 Å². The van der Waals surface area contributed by atoms with Crippen molar-refractivity contribution < 1.29 is 9.53 Å². The van der Waals surface area contributed by atoms with Gasteiger partial charge in [-0.1, -0.05) is 23.2 Å². The number of hydrogen-bond donors (Lipinski definition) is 1. The van der Waals surface area contributed by atoms with E-state index in [1.807, 2.05) is 0 Å². The lowest BCUT2D eigenvalue weighted by molar-refractivity contribution is -0.125. The molecule has 2 rings (SSSR count). The number of ether oxygens (including phenoxy) is 1. The number of halogens is 2. The van der Waals surface area contributed by atoms with Crippen molar-refractivity contribution in [1.82, 2.24) is 0 Å². The van der Waals surface area contributed by atoms with Gasteiger partial charge < -0.3 is 15.4 Å². The Morgan fingerprint density at radius 3 is 2.69 bits per heavy atom. The standard InChI is InChI=1S/C10H10Cl2N2O2/c1-14-8-5(11)2-3-6(12)9(8)16-7(4-13)10(14)15/h2-3,7H,4,13H2,1H3. The lowest BCUT2D eigenvalue weighted by Crippen LogP contribution is -2.47. The first-order valence-corrected chi connectivity index (χ1v) is 5.44. The lowest BCUT2D eigenvalue weighted by Gasteiger charge is -2.32. The van der Waals surface area contributed by atoms with Gasteiger partial charge in [-0.15, -0.1) is 0 Å². The fourth-order valence-corrected chi connectivity index (χ4v) is 2.09. The van der Waals surface area contributed by atoms with E-state index in [2.05, 4.69) is 0 Å². The minimum absolute atomic E-state index is 0.103. The van der Waals surface area contributed by atoms with E-state index in [1.165, 1.54) is 4.90 Å². The van der Waals surface area contributed by atoms with Crippen LogP contribution >= 0.6 is 23.2 Å². The number of carbonyl (C=O) groups excluding carboxylic acids is 1. The molecule has 16 heavy (non-hydrogen) atoms. The molecular formula is C10H10Cl2N2O2. The van der Waals surface area contributed by atoms with Crippen molar-refractivity contribution in [2.45, 2.75) is 6.10 Å². The van der Waals surface area contributed by atoms with Crippen molar-refractivity contribution in [2.75, 3.05) is 18.5 Å². The van der Waals surface area contributed by atoms with Gasteiger partial charge >= 0.3 is 0 Å². The number of rotatable bonds is 1. The Bertz CT molecular complexity index is 451. The van der Waals surface area contributed by atoms with Crippen LogP contribution in [0.1, 0.15) is 0 Å². The summed E-state index contributed by atoms with van der Waals surface area (Å²) in [7, 11) is 1.62. The molecule has 2 N–H and O–H groups in total. The normalized spacial score (nSPS) is 19.4. The number of carbonyl (C=O) groups is 1. The topological polar surface area (TPSA) is 55.6 Å². The Balaban J connectivity index is 2.58. The SMILES string of the molecule is CN1C(=O)C(CN)Oc2c(Cl)ccc(Cl)c21. The molecule has 6 heteroatoms. The lowest BCUT2D eigenvalue weighted by atomic mass is 10.2. The molecule has 1 aromatic rings. The first-order chi connectivity index (χ1) is 7.56. The van der Waals surface area contributed by atoms with Crippen LogP contribution in [0.2, 0.25) is 10.0 Å². The fraction of sp³-hybridized carbons (Fsp3) is 0.300. The Hall–Kier alpha value is -0.970. The highest BCUT2D eigenvalue weighted by molar-refractivity contribution is 6.37. The zero-order chi connectivity index (χ0) is 11.9. The summed E-state index contributed by atoms with van der Waals surface area (Å²) in [6.07, 6.45) is -0.700. The molecule has 0 bridgehead atoms. The highest BCUT2D eigenvalue weighted by Gasteiger charge is 2.34.